The molecule has 1 aliphatic rings. The van der Waals surface area contributed by atoms with Gasteiger partial charge in [0, 0.05) is 49.5 Å². The number of morpholine rings is 1. The summed E-state index contributed by atoms with van der Waals surface area (Å²) in [4.78, 5) is 33.8. The maximum Gasteiger partial charge on any atom is 0.379 e. The van der Waals surface area contributed by atoms with Crippen molar-refractivity contribution in [3.8, 4) is 0 Å². The van der Waals surface area contributed by atoms with Gasteiger partial charge in [-0.15, -0.1) is 0 Å². The van der Waals surface area contributed by atoms with Crippen molar-refractivity contribution in [2.24, 2.45) is 0 Å². The zero-order valence-electron chi connectivity index (χ0n) is 26.5. The molecule has 0 aliphatic carbocycles. The molecule has 1 aromatic heterocycles. The first-order valence-corrected chi connectivity index (χ1v) is 15.1. The number of alkyl halides is 3. The highest BCUT2D eigenvalue weighted by Gasteiger charge is 2.25. The van der Waals surface area contributed by atoms with E-state index in [-0.39, 0.29) is 12.0 Å². The van der Waals surface area contributed by atoms with Gasteiger partial charge in [0.25, 0.3) is 5.91 Å². The Hall–Kier alpha value is -4.55. The normalized spacial score (nSPS) is 13.8. The number of carbonyl (C=O) groups excluding carboxylic acids is 1. The molecule has 2 N–H and O–H groups in total. The highest BCUT2D eigenvalue weighted by Crippen LogP contribution is 2.26. The molecule has 0 spiro atoms. The monoisotopic (exact) mass is 654 g/mol. The van der Waals surface area contributed by atoms with Crippen molar-refractivity contribution < 1.29 is 37.0 Å². The molecule has 1 unspecified atom stereocenters. The summed E-state index contributed by atoms with van der Waals surface area (Å²) in [5, 5.41) is 14.7. The Kier molecular flexibility index (Phi) is 12.3. The minimum absolute atomic E-state index is 0.0599. The van der Waals surface area contributed by atoms with Crippen LogP contribution in [-0.4, -0.2) is 80.0 Å². The van der Waals surface area contributed by atoms with Gasteiger partial charge < -0.3 is 25.0 Å². The van der Waals surface area contributed by atoms with Gasteiger partial charge in [-0.25, -0.2) is 9.18 Å². The third-order valence-corrected chi connectivity index (χ3v) is 7.70. The van der Waals surface area contributed by atoms with Crippen LogP contribution < -0.4 is 10.2 Å². The number of rotatable bonds is 10. The number of benzene rings is 3. The molecule has 8 nitrogen and oxygen atoms in total. The number of halogens is 4. The second-order valence-electron chi connectivity index (χ2n) is 11.6. The Labute approximate surface area is 271 Å². The molecule has 1 atom stereocenters. The lowest BCUT2D eigenvalue weighted by atomic mass is 9.95. The maximum atomic E-state index is 15.2. The van der Waals surface area contributed by atoms with Crippen LogP contribution in [0.15, 0.2) is 67.0 Å². The van der Waals surface area contributed by atoms with Crippen molar-refractivity contribution in [2.75, 3.05) is 45.3 Å². The van der Waals surface area contributed by atoms with Gasteiger partial charge in [-0.1, -0.05) is 30.3 Å². The van der Waals surface area contributed by atoms with E-state index >= 15 is 4.39 Å². The fourth-order valence-corrected chi connectivity index (χ4v) is 5.72. The summed E-state index contributed by atoms with van der Waals surface area (Å²) >= 11 is 0. The molecule has 5 rings (SSSR count). The number of aliphatic carboxylic acids is 1. The van der Waals surface area contributed by atoms with Crippen LogP contribution in [0.2, 0.25) is 0 Å². The molecule has 3 aromatic carbocycles. The molecule has 0 bridgehead atoms. The highest BCUT2D eigenvalue weighted by molar-refractivity contribution is 5.98. The van der Waals surface area contributed by atoms with E-state index in [2.05, 4.69) is 27.3 Å². The largest absolute Gasteiger partial charge is 0.480 e. The number of fused-ring (bicyclic) bond motifs is 1. The average Bonchev–Trinajstić information content (AvgIpc) is 3.00. The lowest BCUT2D eigenvalue weighted by Gasteiger charge is -2.29. The van der Waals surface area contributed by atoms with Crippen LogP contribution in [0, 0.1) is 12.7 Å². The SMILES string of the molecule is Cc1cc(N2CCOCC2)cc(F)c1C(=O)NC(Cc1cccc(Cc2cc(CN(C)C)cc3ccncc23)c1)C(=O)O.FC(F)F. The smallest absolute Gasteiger partial charge is 0.379 e. The molecule has 12 heteroatoms. The van der Waals surface area contributed by atoms with Crippen molar-refractivity contribution in [1.29, 1.82) is 0 Å². The van der Waals surface area contributed by atoms with E-state index in [0.717, 1.165) is 34.0 Å². The number of carbonyl (C=O) groups is 2. The minimum atomic E-state index is -3.67. The fourth-order valence-electron chi connectivity index (χ4n) is 5.72. The van der Waals surface area contributed by atoms with Crippen LogP contribution in [0.25, 0.3) is 10.8 Å². The summed E-state index contributed by atoms with van der Waals surface area (Å²) in [5.74, 6) is -2.61. The summed E-state index contributed by atoms with van der Waals surface area (Å²) in [5.41, 5.74) is 5.09. The number of carboxylic acids is 1. The Morgan fingerprint density at radius 1 is 1.02 bits per heavy atom. The lowest BCUT2D eigenvalue weighted by molar-refractivity contribution is -0.139. The van der Waals surface area contributed by atoms with Crippen molar-refractivity contribution in [2.45, 2.75) is 39.0 Å². The van der Waals surface area contributed by atoms with E-state index in [1.807, 2.05) is 55.5 Å². The number of aromatic nitrogens is 1. The number of carboxylic acid groups (broad SMARTS) is 1. The molecule has 4 aromatic rings. The summed E-state index contributed by atoms with van der Waals surface area (Å²) in [6.45, 7) is 1.19. The Morgan fingerprint density at radius 3 is 2.38 bits per heavy atom. The number of nitrogens with zero attached hydrogens (tertiary/aromatic N) is 3. The van der Waals surface area contributed by atoms with Crippen LogP contribution in [0.3, 0.4) is 0 Å². The van der Waals surface area contributed by atoms with E-state index in [1.165, 1.54) is 11.6 Å². The van der Waals surface area contributed by atoms with Gasteiger partial charge >= 0.3 is 12.6 Å². The molecule has 1 fully saturated rings. The fraction of sp³-hybridized carbons (Fsp3) is 0.343. The molecule has 1 amide bonds. The maximum absolute atomic E-state index is 15.2. The van der Waals surface area contributed by atoms with Gasteiger partial charge in [-0.3, -0.25) is 9.78 Å². The number of aryl methyl sites for hydroxylation is 1. The quantitative estimate of drug-likeness (QED) is 0.210. The highest BCUT2D eigenvalue weighted by atomic mass is 19.4. The second kappa shape index (κ2) is 16.3. The number of hydrogen-bond donors (Lipinski definition) is 2. The van der Waals surface area contributed by atoms with E-state index < -0.39 is 30.4 Å². The zero-order valence-corrected chi connectivity index (χ0v) is 26.5. The molecule has 1 saturated heterocycles. The molecule has 250 valence electrons. The third-order valence-electron chi connectivity index (χ3n) is 7.70. The average molecular weight is 655 g/mol. The number of hydrogen-bond acceptors (Lipinski definition) is 6. The van der Waals surface area contributed by atoms with Crippen molar-refractivity contribution in [1.82, 2.24) is 15.2 Å². The van der Waals surface area contributed by atoms with Gasteiger partial charge in [0.05, 0.1) is 18.8 Å². The van der Waals surface area contributed by atoms with Gasteiger partial charge in [0.2, 0.25) is 0 Å². The number of amides is 1. The van der Waals surface area contributed by atoms with E-state index in [4.69, 9.17) is 4.74 Å². The summed E-state index contributed by atoms with van der Waals surface area (Å²) < 4.78 is 49.6. The molecule has 2 heterocycles. The Bertz CT molecular complexity index is 1670. The van der Waals surface area contributed by atoms with Crippen LogP contribution in [0.5, 0.6) is 0 Å². The second-order valence-corrected chi connectivity index (χ2v) is 11.6. The molecule has 1 aliphatic heterocycles. The number of nitrogens with one attached hydrogen (secondary N) is 1. The van der Waals surface area contributed by atoms with Gasteiger partial charge in [-0.2, -0.15) is 13.2 Å². The first-order valence-electron chi connectivity index (χ1n) is 15.1. The predicted molar refractivity (Wildman–Crippen MR) is 172 cm³/mol. The van der Waals surface area contributed by atoms with Crippen molar-refractivity contribution in [3.63, 3.8) is 0 Å². The zero-order chi connectivity index (χ0) is 34.1. The van der Waals surface area contributed by atoms with Crippen LogP contribution >= 0.6 is 0 Å². The molecule has 0 radical (unpaired) electrons. The molecule has 0 saturated carbocycles. The lowest BCUT2D eigenvalue weighted by Crippen LogP contribution is -2.43. The van der Waals surface area contributed by atoms with Gasteiger partial charge in [-0.05, 0) is 84.9 Å². The summed E-state index contributed by atoms with van der Waals surface area (Å²) in [7, 11) is 4.07. The van der Waals surface area contributed by atoms with Crippen LogP contribution in [0.1, 0.15) is 38.2 Å². The van der Waals surface area contributed by atoms with Crippen LogP contribution in [0.4, 0.5) is 23.2 Å². The summed E-state index contributed by atoms with van der Waals surface area (Å²) in [6.07, 6.45) is 4.36. The Morgan fingerprint density at radius 2 is 1.72 bits per heavy atom. The third kappa shape index (κ3) is 9.97. The first-order chi connectivity index (χ1) is 22.4. The van der Waals surface area contributed by atoms with Crippen molar-refractivity contribution >= 4 is 28.3 Å². The van der Waals surface area contributed by atoms with E-state index in [0.29, 0.717) is 44.0 Å². The minimum Gasteiger partial charge on any atom is -0.480 e. The van der Waals surface area contributed by atoms with Gasteiger partial charge in [0.1, 0.15) is 11.9 Å². The van der Waals surface area contributed by atoms with Crippen LogP contribution in [-0.2, 0) is 28.9 Å². The summed E-state index contributed by atoms with van der Waals surface area (Å²) in [6, 6.07) is 16.0. The predicted octanol–water partition coefficient (Wildman–Crippen LogP) is 5.78. The number of pyridine rings is 1. The number of ether oxygens (including phenoxy) is 1. The van der Waals surface area contributed by atoms with Crippen molar-refractivity contribution in [3.05, 3.63) is 106 Å². The standard InChI is InChI=1S/C34H37FN4O4.CHF3/c1-22-13-28(39-9-11-43-12-10-39)19-30(35)32(22)33(40)37-31(34(41)42)18-24-6-4-5-23(14-24)15-27-17-25(21-38(2)3)16-26-7-8-36-20-29(26)27;2-1(3)4/h4-8,13-14,16-17,19-20,31H,9-12,15,18,21H2,1-3H3,(H,37,40)(H,41,42);1H. The van der Waals surface area contributed by atoms with E-state index in [1.54, 1.807) is 19.2 Å². The topological polar surface area (TPSA) is 95.0 Å². The molecular formula is C35H38F4N4O4. The molecular weight excluding hydrogens is 616 g/mol. The number of anilines is 1. The Balaban J connectivity index is 0.00000118. The van der Waals surface area contributed by atoms with E-state index in [9.17, 15) is 27.9 Å². The first kappa shape index (κ1) is 35.3. The van der Waals surface area contributed by atoms with Gasteiger partial charge in [0.15, 0.2) is 0 Å². The molecule has 47 heavy (non-hydrogen) atoms.